The van der Waals surface area contributed by atoms with Crippen LogP contribution in [0.3, 0.4) is 0 Å². The van der Waals surface area contributed by atoms with Gasteiger partial charge in [-0.3, -0.25) is 0 Å². The van der Waals surface area contributed by atoms with E-state index in [1.54, 1.807) is 0 Å². The van der Waals surface area contributed by atoms with Gasteiger partial charge in [-0.25, -0.2) is 9.97 Å². The molecule has 0 bridgehead atoms. The van der Waals surface area contributed by atoms with Crippen molar-refractivity contribution in [2.45, 2.75) is 45.6 Å². The van der Waals surface area contributed by atoms with Gasteiger partial charge in [0.25, 0.3) is 0 Å². The van der Waals surface area contributed by atoms with Gasteiger partial charge in [-0.05, 0) is 31.9 Å². The molecule has 1 rings (SSSR count). The minimum absolute atomic E-state index is 0.0575. The zero-order valence-electron chi connectivity index (χ0n) is 11.8. The summed E-state index contributed by atoms with van der Waals surface area (Å²) in [5.74, 6) is 0.679. The van der Waals surface area contributed by atoms with E-state index in [0.29, 0.717) is 5.95 Å². The van der Waals surface area contributed by atoms with E-state index in [4.69, 9.17) is 0 Å². The normalized spacial score (nSPS) is 12.6. The van der Waals surface area contributed by atoms with E-state index in [-0.39, 0.29) is 11.0 Å². The largest absolute Gasteiger partial charge is 0.348 e. The fourth-order valence-electron chi connectivity index (χ4n) is 1.57. The molecule has 17 heavy (non-hydrogen) atoms. The lowest BCUT2D eigenvalue weighted by Gasteiger charge is -2.26. The molecule has 0 aliphatic rings. The highest BCUT2D eigenvalue weighted by Crippen LogP contribution is 2.21. The molecule has 2 N–H and O–H groups in total. The van der Waals surface area contributed by atoms with Gasteiger partial charge in [-0.2, -0.15) is 0 Å². The fraction of sp³-hybridized carbons (Fsp3) is 0.692. The Hall–Kier alpha value is -1.16. The summed E-state index contributed by atoms with van der Waals surface area (Å²) in [5, 5.41) is 6.46. The van der Waals surface area contributed by atoms with Crippen LogP contribution in [0.5, 0.6) is 0 Å². The van der Waals surface area contributed by atoms with Gasteiger partial charge >= 0.3 is 0 Å². The first-order chi connectivity index (χ1) is 7.74. The van der Waals surface area contributed by atoms with Crippen molar-refractivity contribution in [1.29, 1.82) is 0 Å². The smallest absolute Gasteiger partial charge is 0.223 e. The molecule has 4 nitrogen and oxygen atoms in total. The number of anilines is 1. The maximum absolute atomic E-state index is 4.36. The highest BCUT2D eigenvalue weighted by Gasteiger charge is 2.18. The highest BCUT2D eigenvalue weighted by atomic mass is 15.1. The lowest BCUT2D eigenvalue weighted by Crippen LogP contribution is -2.41. The average molecular weight is 236 g/mol. The molecule has 0 unspecified atom stereocenters. The molecule has 0 saturated heterocycles. The fourth-order valence-corrected chi connectivity index (χ4v) is 1.57. The van der Waals surface area contributed by atoms with Crippen LogP contribution in [0.1, 0.15) is 40.2 Å². The molecule has 0 fully saturated rings. The minimum atomic E-state index is -0.0575. The molecule has 4 heteroatoms. The van der Waals surface area contributed by atoms with E-state index in [0.717, 1.165) is 12.1 Å². The lowest BCUT2D eigenvalue weighted by molar-refractivity contribution is 0.525. The molecular weight excluding hydrogens is 212 g/mol. The first kappa shape index (κ1) is 13.9. The quantitative estimate of drug-likeness (QED) is 0.841. The molecule has 0 spiro atoms. The van der Waals surface area contributed by atoms with Crippen LogP contribution in [0.4, 0.5) is 5.95 Å². The molecule has 0 atom stereocenters. The second-order valence-corrected chi connectivity index (χ2v) is 6.08. The van der Waals surface area contributed by atoms with Crippen molar-refractivity contribution in [1.82, 2.24) is 15.3 Å². The monoisotopic (exact) mass is 236 g/mol. The van der Waals surface area contributed by atoms with E-state index in [2.05, 4.69) is 55.2 Å². The molecule has 0 aliphatic heterocycles. The third-order valence-electron chi connectivity index (χ3n) is 2.59. The lowest BCUT2D eigenvalue weighted by atomic mass is 9.89. The van der Waals surface area contributed by atoms with E-state index >= 15 is 0 Å². The van der Waals surface area contributed by atoms with Gasteiger partial charge < -0.3 is 10.6 Å². The number of nitrogens with one attached hydrogen (secondary N) is 2. The Morgan fingerprint density at radius 3 is 2.00 bits per heavy atom. The molecule has 0 radical (unpaired) electrons. The van der Waals surface area contributed by atoms with Crippen molar-refractivity contribution in [3.8, 4) is 0 Å². The summed E-state index contributed by atoms with van der Waals surface area (Å²) in [6, 6.07) is 0. The average Bonchev–Trinajstić information content (AvgIpc) is 2.16. The van der Waals surface area contributed by atoms with Gasteiger partial charge in [-0.1, -0.05) is 20.8 Å². The van der Waals surface area contributed by atoms with Gasteiger partial charge in [0.1, 0.15) is 0 Å². The molecule has 0 amide bonds. The number of nitrogens with zero attached hydrogens (tertiary/aromatic N) is 2. The van der Waals surface area contributed by atoms with Crippen molar-refractivity contribution in [3.63, 3.8) is 0 Å². The van der Waals surface area contributed by atoms with Crippen molar-refractivity contribution >= 4 is 5.95 Å². The topological polar surface area (TPSA) is 49.8 Å². The van der Waals surface area contributed by atoms with Crippen LogP contribution in [0.15, 0.2) is 12.4 Å². The summed E-state index contributed by atoms with van der Waals surface area (Å²) in [5.41, 5.74) is 1.19. The third kappa shape index (κ3) is 4.30. The standard InChI is InChI=1S/C13H24N4/c1-12(2,3)10-7-15-11(16-8-10)17-13(4,5)9-14-6/h7-8,14H,9H2,1-6H3,(H,15,16,17). The van der Waals surface area contributed by atoms with Crippen LogP contribution in [0.25, 0.3) is 0 Å². The van der Waals surface area contributed by atoms with Crippen molar-refractivity contribution in [2.24, 2.45) is 0 Å². The Labute approximate surface area is 104 Å². The molecule has 0 aliphatic carbocycles. The number of aromatic nitrogens is 2. The Balaban J connectivity index is 2.75. The molecule has 0 aromatic carbocycles. The van der Waals surface area contributed by atoms with E-state index in [1.807, 2.05) is 19.4 Å². The number of likely N-dealkylation sites (N-methyl/N-ethyl adjacent to an activating group) is 1. The maximum atomic E-state index is 4.36. The molecule has 1 heterocycles. The molecular formula is C13H24N4. The summed E-state index contributed by atoms with van der Waals surface area (Å²) in [6.07, 6.45) is 3.79. The van der Waals surface area contributed by atoms with Crippen LogP contribution in [0.2, 0.25) is 0 Å². The third-order valence-corrected chi connectivity index (χ3v) is 2.59. The summed E-state index contributed by atoms with van der Waals surface area (Å²) in [6.45, 7) is 11.6. The van der Waals surface area contributed by atoms with Crippen LogP contribution in [0, 0.1) is 0 Å². The maximum Gasteiger partial charge on any atom is 0.223 e. The van der Waals surface area contributed by atoms with Crippen LogP contribution >= 0.6 is 0 Å². The summed E-state index contributed by atoms with van der Waals surface area (Å²) >= 11 is 0. The second kappa shape index (κ2) is 5.00. The summed E-state index contributed by atoms with van der Waals surface area (Å²) < 4.78 is 0. The Kier molecular flexibility index (Phi) is 4.09. The van der Waals surface area contributed by atoms with E-state index < -0.39 is 0 Å². The van der Waals surface area contributed by atoms with E-state index in [1.165, 1.54) is 0 Å². The number of hydrogen-bond donors (Lipinski definition) is 2. The highest BCUT2D eigenvalue weighted by molar-refractivity contribution is 5.30. The minimum Gasteiger partial charge on any atom is -0.348 e. The Morgan fingerprint density at radius 2 is 1.59 bits per heavy atom. The molecule has 96 valence electrons. The Bertz CT molecular complexity index is 349. The van der Waals surface area contributed by atoms with Crippen LogP contribution in [-0.4, -0.2) is 29.1 Å². The van der Waals surface area contributed by atoms with Crippen LogP contribution < -0.4 is 10.6 Å². The SMILES string of the molecule is CNCC(C)(C)Nc1ncc(C(C)(C)C)cn1. The Morgan fingerprint density at radius 1 is 1.06 bits per heavy atom. The van der Waals surface area contributed by atoms with E-state index in [9.17, 15) is 0 Å². The van der Waals surface area contributed by atoms with Crippen molar-refractivity contribution in [3.05, 3.63) is 18.0 Å². The second-order valence-electron chi connectivity index (χ2n) is 6.08. The first-order valence-electron chi connectivity index (χ1n) is 6.00. The summed E-state index contributed by atoms with van der Waals surface area (Å²) in [7, 11) is 1.94. The van der Waals surface area contributed by atoms with Gasteiger partial charge in [0.05, 0.1) is 0 Å². The van der Waals surface area contributed by atoms with Crippen LogP contribution in [-0.2, 0) is 5.41 Å². The molecule has 0 saturated carbocycles. The van der Waals surface area contributed by atoms with Crippen molar-refractivity contribution in [2.75, 3.05) is 18.9 Å². The van der Waals surface area contributed by atoms with Gasteiger partial charge in [0.15, 0.2) is 0 Å². The first-order valence-corrected chi connectivity index (χ1v) is 6.00. The van der Waals surface area contributed by atoms with Gasteiger partial charge in [0.2, 0.25) is 5.95 Å². The predicted octanol–water partition coefficient (Wildman–Crippen LogP) is 2.18. The summed E-state index contributed by atoms with van der Waals surface area (Å²) in [4.78, 5) is 8.73. The van der Waals surface area contributed by atoms with Gasteiger partial charge in [0, 0.05) is 24.5 Å². The predicted molar refractivity (Wildman–Crippen MR) is 72.4 cm³/mol. The number of rotatable bonds is 4. The zero-order valence-corrected chi connectivity index (χ0v) is 11.8. The number of hydrogen-bond acceptors (Lipinski definition) is 4. The van der Waals surface area contributed by atoms with Gasteiger partial charge in [-0.15, -0.1) is 0 Å². The molecule has 1 aromatic rings. The van der Waals surface area contributed by atoms with Crippen molar-refractivity contribution < 1.29 is 0 Å². The zero-order chi connectivity index (χ0) is 13.1. The molecule has 1 aromatic heterocycles.